The molecule has 27 heavy (non-hydrogen) atoms. The molecule has 0 amide bonds. The van der Waals surface area contributed by atoms with Gasteiger partial charge in [-0.05, 0) is 32.9 Å². The number of nitrogens with zero attached hydrogens (tertiary/aromatic N) is 6. The van der Waals surface area contributed by atoms with E-state index in [0.717, 1.165) is 5.82 Å². The molecule has 1 aromatic carbocycles. The van der Waals surface area contributed by atoms with Crippen LogP contribution in [0.15, 0.2) is 18.2 Å². The van der Waals surface area contributed by atoms with Gasteiger partial charge >= 0.3 is 0 Å². The molecule has 0 bridgehead atoms. The lowest BCUT2D eigenvalue weighted by Crippen LogP contribution is -2.46. The molecule has 4 rings (SSSR count). The van der Waals surface area contributed by atoms with Crippen LogP contribution in [0.25, 0.3) is 11.2 Å². The molecule has 1 aliphatic rings. The Balaban J connectivity index is 1.76. The summed E-state index contributed by atoms with van der Waals surface area (Å²) in [5.41, 5.74) is 1.51. The summed E-state index contributed by atoms with van der Waals surface area (Å²) in [6.45, 7) is 7.46. The summed E-state index contributed by atoms with van der Waals surface area (Å²) in [5.74, 6) is 0.950. The first-order valence-electron chi connectivity index (χ1n) is 8.83. The number of ether oxygens (including phenoxy) is 1. The summed E-state index contributed by atoms with van der Waals surface area (Å²) in [5, 5.41) is 8.82. The fourth-order valence-electron chi connectivity index (χ4n) is 3.46. The maximum Gasteiger partial charge on any atom is 0.184 e. The van der Waals surface area contributed by atoms with Crippen molar-refractivity contribution in [3.8, 4) is 0 Å². The van der Waals surface area contributed by atoms with Gasteiger partial charge in [0.2, 0.25) is 0 Å². The second kappa shape index (κ2) is 7.01. The third kappa shape index (κ3) is 3.46. The van der Waals surface area contributed by atoms with Crippen LogP contribution in [0, 0.1) is 12.7 Å². The zero-order valence-corrected chi connectivity index (χ0v) is 16.1. The van der Waals surface area contributed by atoms with Gasteiger partial charge in [0.25, 0.3) is 0 Å². The van der Waals surface area contributed by atoms with Gasteiger partial charge in [0.05, 0.1) is 18.8 Å². The topological polar surface area (TPSA) is 69.0 Å². The molecule has 1 saturated heterocycles. The lowest BCUT2D eigenvalue weighted by atomic mass is 10.2. The molecule has 7 nitrogen and oxygen atoms in total. The van der Waals surface area contributed by atoms with E-state index in [4.69, 9.17) is 16.3 Å². The van der Waals surface area contributed by atoms with Gasteiger partial charge in [0, 0.05) is 23.7 Å². The maximum absolute atomic E-state index is 14.2. The van der Waals surface area contributed by atoms with Crippen molar-refractivity contribution in [1.82, 2.24) is 25.0 Å². The number of hydrogen-bond acceptors (Lipinski definition) is 6. The van der Waals surface area contributed by atoms with Gasteiger partial charge in [-0.25, -0.2) is 19.0 Å². The van der Waals surface area contributed by atoms with Crippen molar-refractivity contribution in [3.05, 3.63) is 40.4 Å². The summed E-state index contributed by atoms with van der Waals surface area (Å²) in [6, 6.07) is 4.61. The largest absolute Gasteiger partial charge is 0.372 e. The van der Waals surface area contributed by atoms with Crippen LogP contribution in [0.1, 0.15) is 25.2 Å². The predicted molar refractivity (Wildman–Crippen MR) is 101 cm³/mol. The SMILES string of the molecule is Cc1nc(N2CC(C)OC(C)C2)c2nnn(Cc3c(F)cccc3Cl)c2n1. The Morgan fingerprint density at radius 3 is 2.67 bits per heavy atom. The molecule has 2 aromatic heterocycles. The zero-order valence-electron chi connectivity index (χ0n) is 15.4. The minimum absolute atomic E-state index is 0.0892. The quantitative estimate of drug-likeness (QED) is 0.684. The van der Waals surface area contributed by atoms with E-state index in [1.54, 1.807) is 16.8 Å². The average Bonchev–Trinajstić information content (AvgIpc) is 2.99. The highest BCUT2D eigenvalue weighted by molar-refractivity contribution is 6.31. The van der Waals surface area contributed by atoms with Gasteiger partial charge in [-0.3, -0.25) is 0 Å². The number of fused-ring (bicyclic) bond motifs is 1. The Morgan fingerprint density at radius 1 is 1.22 bits per heavy atom. The van der Waals surface area contributed by atoms with Crippen LogP contribution in [0.2, 0.25) is 5.02 Å². The van der Waals surface area contributed by atoms with Crippen molar-refractivity contribution in [2.24, 2.45) is 0 Å². The lowest BCUT2D eigenvalue weighted by Gasteiger charge is -2.36. The first-order chi connectivity index (χ1) is 12.9. The molecule has 1 fully saturated rings. The highest BCUT2D eigenvalue weighted by Gasteiger charge is 2.27. The van der Waals surface area contributed by atoms with E-state index in [1.165, 1.54) is 6.07 Å². The Morgan fingerprint density at radius 2 is 1.96 bits per heavy atom. The molecule has 0 saturated carbocycles. The van der Waals surface area contributed by atoms with E-state index in [9.17, 15) is 4.39 Å². The van der Waals surface area contributed by atoms with E-state index < -0.39 is 0 Å². The fraction of sp³-hybridized carbons (Fsp3) is 0.444. The summed E-state index contributed by atoms with van der Waals surface area (Å²) in [4.78, 5) is 11.2. The lowest BCUT2D eigenvalue weighted by molar-refractivity contribution is -0.00539. The van der Waals surface area contributed by atoms with E-state index in [2.05, 4.69) is 25.2 Å². The number of anilines is 1. The zero-order chi connectivity index (χ0) is 19.1. The number of aryl methyl sites for hydroxylation is 1. The van der Waals surface area contributed by atoms with Crippen LogP contribution in [0.3, 0.4) is 0 Å². The van der Waals surface area contributed by atoms with Crippen molar-refractivity contribution in [2.75, 3.05) is 18.0 Å². The van der Waals surface area contributed by atoms with Crippen LogP contribution in [0.5, 0.6) is 0 Å². The molecule has 3 aromatic rings. The van der Waals surface area contributed by atoms with Gasteiger partial charge in [0.15, 0.2) is 17.0 Å². The monoisotopic (exact) mass is 390 g/mol. The molecule has 0 N–H and O–H groups in total. The minimum atomic E-state index is -0.381. The van der Waals surface area contributed by atoms with E-state index in [0.29, 0.717) is 40.7 Å². The first kappa shape index (κ1) is 18.1. The minimum Gasteiger partial charge on any atom is -0.372 e. The van der Waals surface area contributed by atoms with Crippen molar-refractivity contribution in [2.45, 2.75) is 39.5 Å². The van der Waals surface area contributed by atoms with Crippen LogP contribution < -0.4 is 4.90 Å². The second-order valence-electron chi connectivity index (χ2n) is 6.88. The first-order valence-corrected chi connectivity index (χ1v) is 9.21. The second-order valence-corrected chi connectivity index (χ2v) is 7.28. The Labute approximate surface area is 161 Å². The molecule has 2 atom stereocenters. The third-order valence-corrected chi connectivity index (χ3v) is 4.90. The van der Waals surface area contributed by atoms with Crippen LogP contribution >= 0.6 is 11.6 Å². The molecule has 9 heteroatoms. The summed E-state index contributed by atoms with van der Waals surface area (Å²) in [6.07, 6.45) is 0.178. The molecular weight excluding hydrogens is 371 g/mol. The van der Waals surface area contributed by atoms with Crippen LogP contribution in [-0.4, -0.2) is 50.3 Å². The van der Waals surface area contributed by atoms with Gasteiger partial charge in [0.1, 0.15) is 11.6 Å². The Kier molecular flexibility index (Phi) is 4.69. The van der Waals surface area contributed by atoms with Gasteiger partial charge in [-0.1, -0.05) is 22.9 Å². The van der Waals surface area contributed by atoms with E-state index in [1.807, 2.05) is 20.8 Å². The average molecular weight is 391 g/mol. The number of aromatic nitrogens is 5. The standard InChI is InChI=1S/C18H20ClFN6O/c1-10-7-25(8-11(2)27-10)17-16-18(22-12(3)21-17)26(24-23-16)9-13-14(19)5-4-6-15(13)20/h4-6,10-11H,7-9H2,1-3H3. The third-order valence-electron chi connectivity index (χ3n) is 4.54. The van der Waals surface area contributed by atoms with Crippen LogP contribution in [-0.2, 0) is 11.3 Å². The normalized spacial score (nSPS) is 20.4. The van der Waals surface area contributed by atoms with Gasteiger partial charge in [-0.15, -0.1) is 5.10 Å². The summed E-state index contributed by atoms with van der Waals surface area (Å²) in [7, 11) is 0. The highest BCUT2D eigenvalue weighted by Crippen LogP contribution is 2.26. The Hall–Kier alpha value is -2.32. The van der Waals surface area contributed by atoms with Crippen LogP contribution in [0.4, 0.5) is 10.2 Å². The molecule has 2 unspecified atom stereocenters. The summed E-state index contributed by atoms with van der Waals surface area (Å²) >= 11 is 6.16. The van der Waals surface area contributed by atoms with Crippen molar-refractivity contribution in [3.63, 3.8) is 0 Å². The van der Waals surface area contributed by atoms with Gasteiger partial charge in [-0.2, -0.15) is 0 Å². The molecule has 0 spiro atoms. The number of hydrogen-bond donors (Lipinski definition) is 0. The highest BCUT2D eigenvalue weighted by atomic mass is 35.5. The fourth-order valence-corrected chi connectivity index (χ4v) is 3.68. The number of benzene rings is 1. The van der Waals surface area contributed by atoms with Crippen molar-refractivity contribution < 1.29 is 9.13 Å². The summed E-state index contributed by atoms with van der Waals surface area (Å²) < 4.78 is 21.5. The smallest absolute Gasteiger partial charge is 0.184 e. The molecular formula is C18H20ClFN6O. The van der Waals surface area contributed by atoms with E-state index >= 15 is 0 Å². The molecule has 0 radical (unpaired) electrons. The number of morpholine rings is 1. The van der Waals surface area contributed by atoms with Crippen molar-refractivity contribution >= 4 is 28.6 Å². The molecule has 142 valence electrons. The van der Waals surface area contributed by atoms with Crippen molar-refractivity contribution in [1.29, 1.82) is 0 Å². The maximum atomic E-state index is 14.2. The molecule has 1 aliphatic heterocycles. The van der Waals surface area contributed by atoms with Gasteiger partial charge < -0.3 is 9.64 Å². The molecule has 0 aliphatic carbocycles. The predicted octanol–water partition coefficient (Wildman–Crippen LogP) is 2.98. The van der Waals surface area contributed by atoms with E-state index in [-0.39, 0.29) is 24.6 Å². The number of halogens is 2. The Bertz CT molecular complexity index is 963. The molecule has 3 heterocycles. The number of rotatable bonds is 3.